The molecule has 1 amide bonds. The predicted molar refractivity (Wildman–Crippen MR) is 117 cm³/mol. The molecule has 2 aliphatic rings. The number of nitrogens with one attached hydrogen (secondary N) is 2. The molecule has 2 N–H and O–H groups in total. The van der Waals surface area contributed by atoms with Crippen molar-refractivity contribution in [2.75, 3.05) is 11.9 Å². The summed E-state index contributed by atoms with van der Waals surface area (Å²) >= 11 is 1.34. The first-order chi connectivity index (χ1) is 15.2. The van der Waals surface area contributed by atoms with Gasteiger partial charge in [0.15, 0.2) is 5.78 Å². The van der Waals surface area contributed by atoms with E-state index in [9.17, 15) is 14.9 Å². The van der Waals surface area contributed by atoms with Gasteiger partial charge in [-0.1, -0.05) is 30.3 Å². The zero-order chi connectivity index (χ0) is 21.4. The van der Waals surface area contributed by atoms with E-state index in [0.717, 1.165) is 16.9 Å². The van der Waals surface area contributed by atoms with Crippen LogP contribution in [0.25, 0.3) is 0 Å². The highest BCUT2D eigenvalue weighted by Gasteiger charge is 2.44. The molecule has 0 radical (unpaired) electrons. The average Bonchev–Trinajstić information content (AvgIpc) is 3.29. The Morgan fingerprint density at radius 1 is 1.32 bits per heavy atom. The Labute approximate surface area is 183 Å². The summed E-state index contributed by atoms with van der Waals surface area (Å²) in [4.78, 5) is 30.6. The SMILES string of the molecule is N#Cc1c(NC(=O)C2CC2c2ccccc2)sc2c1CCNC2C(=O)Cn1ccnc1. The fourth-order valence-corrected chi connectivity index (χ4v) is 5.58. The number of aromatic nitrogens is 2. The number of nitriles is 1. The molecule has 3 atom stereocenters. The Morgan fingerprint density at radius 3 is 2.90 bits per heavy atom. The van der Waals surface area contributed by atoms with E-state index in [1.54, 1.807) is 23.3 Å². The van der Waals surface area contributed by atoms with E-state index in [1.807, 2.05) is 30.3 Å². The number of amides is 1. The van der Waals surface area contributed by atoms with Crippen LogP contribution in [0.2, 0.25) is 0 Å². The minimum Gasteiger partial charge on any atom is -0.330 e. The van der Waals surface area contributed by atoms with Crippen LogP contribution in [0, 0.1) is 17.2 Å². The zero-order valence-electron chi connectivity index (χ0n) is 16.7. The molecule has 1 aliphatic carbocycles. The maximum Gasteiger partial charge on any atom is 0.228 e. The average molecular weight is 432 g/mol. The third-order valence-corrected chi connectivity index (χ3v) is 7.16. The van der Waals surface area contributed by atoms with Crippen LogP contribution >= 0.6 is 11.3 Å². The van der Waals surface area contributed by atoms with Gasteiger partial charge in [0.2, 0.25) is 5.91 Å². The second kappa shape index (κ2) is 8.10. The summed E-state index contributed by atoms with van der Waals surface area (Å²) in [6.07, 6.45) is 6.48. The minimum absolute atomic E-state index is 0.00824. The maximum atomic E-state index is 12.9. The van der Waals surface area contributed by atoms with Gasteiger partial charge in [0.05, 0.1) is 18.4 Å². The number of hydrogen-bond acceptors (Lipinski definition) is 6. The molecule has 0 spiro atoms. The molecule has 1 aliphatic heterocycles. The van der Waals surface area contributed by atoms with Gasteiger partial charge in [-0.05, 0) is 29.9 Å². The third kappa shape index (κ3) is 3.78. The molecule has 8 heteroatoms. The number of nitrogens with zero attached hydrogens (tertiary/aromatic N) is 3. The summed E-state index contributed by atoms with van der Waals surface area (Å²) < 4.78 is 1.73. The summed E-state index contributed by atoms with van der Waals surface area (Å²) in [5, 5.41) is 16.6. The van der Waals surface area contributed by atoms with Crippen molar-refractivity contribution in [3.63, 3.8) is 0 Å². The van der Waals surface area contributed by atoms with Gasteiger partial charge in [-0.2, -0.15) is 5.26 Å². The topological polar surface area (TPSA) is 99.8 Å². The summed E-state index contributed by atoms with van der Waals surface area (Å²) in [7, 11) is 0. The van der Waals surface area contributed by atoms with Gasteiger partial charge in [-0.25, -0.2) is 4.98 Å². The molecule has 5 rings (SSSR count). The van der Waals surface area contributed by atoms with E-state index >= 15 is 0 Å². The van der Waals surface area contributed by atoms with Crippen LogP contribution in [0.5, 0.6) is 0 Å². The lowest BCUT2D eigenvalue weighted by molar-refractivity contribution is -0.122. The highest BCUT2D eigenvalue weighted by molar-refractivity contribution is 7.17. The number of benzene rings is 1. The fraction of sp³-hybridized carbons (Fsp3) is 0.304. The second-order valence-corrected chi connectivity index (χ2v) is 9.00. The van der Waals surface area contributed by atoms with Crippen LogP contribution in [-0.2, 0) is 22.6 Å². The molecule has 2 aromatic heterocycles. The molecule has 0 bridgehead atoms. The molecular formula is C23H21N5O2S. The van der Waals surface area contributed by atoms with Crippen LogP contribution in [-0.4, -0.2) is 27.8 Å². The van der Waals surface area contributed by atoms with E-state index in [4.69, 9.17) is 0 Å². The van der Waals surface area contributed by atoms with Gasteiger partial charge in [-0.3, -0.25) is 9.59 Å². The van der Waals surface area contributed by atoms with E-state index in [2.05, 4.69) is 21.7 Å². The van der Waals surface area contributed by atoms with Gasteiger partial charge < -0.3 is 15.2 Å². The van der Waals surface area contributed by atoms with Crippen molar-refractivity contribution in [2.45, 2.75) is 31.3 Å². The number of rotatable bonds is 6. The quantitative estimate of drug-likeness (QED) is 0.625. The molecule has 3 heterocycles. The molecule has 7 nitrogen and oxygen atoms in total. The fourth-order valence-electron chi connectivity index (χ4n) is 4.27. The minimum atomic E-state index is -0.480. The van der Waals surface area contributed by atoms with Gasteiger partial charge in [-0.15, -0.1) is 11.3 Å². The number of fused-ring (bicyclic) bond motifs is 1. The number of imidazole rings is 1. The van der Waals surface area contributed by atoms with Crippen molar-refractivity contribution in [3.05, 3.63) is 70.6 Å². The summed E-state index contributed by atoms with van der Waals surface area (Å²) in [5.41, 5.74) is 2.54. The van der Waals surface area contributed by atoms with Crippen LogP contribution < -0.4 is 10.6 Å². The lowest BCUT2D eigenvalue weighted by Gasteiger charge is -2.23. The van der Waals surface area contributed by atoms with Gasteiger partial charge in [0, 0.05) is 29.7 Å². The third-order valence-electron chi connectivity index (χ3n) is 5.95. The Kier molecular flexibility index (Phi) is 5.14. The van der Waals surface area contributed by atoms with Gasteiger partial charge >= 0.3 is 0 Å². The second-order valence-electron chi connectivity index (χ2n) is 7.95. The highest BCUT2D eigenvalue weighted by Crippen LogP contribution is 2.48. The first-order valence-corrected chi connectivity index (χ1v) is 11.1. The Morgan fingerprint density at radius 2 is 2.16 bits per heavy atom. The molecule has 3 aromatic rings. The van der Waals surface area contributed by atoms with E-state index < -0.39 is 6.04 Å². The lowest BCUT2D eigenvalue weighted by Crippen LogP contribution is -2.35. The van der Waals surface area contributed by atoms with E-state index in [0.29, 0.717) is 23.5 Å². The zero-order valence-corrected chi connectivity index (χ0v) is 17.6. The molecule has 0 saturated heterocycles. The molecule has 1 aromatic carbocycles. The molecular weight excluding hydrogens is 410 g/mol. The number of Topliss-reactive ketones (excluding diaryl/α,β-unsaturated/α-hetero) is 1. The standard InChI is InChI=1S/C23H21N5O2S/c24-11-18-15-6-7-26-20(19(29)12-28-9-8-25-13-28)21(15)31-23(18)27-22(30)17-10-16(17)14-4-2-1-3-5-14/h1-5,8-9,13,16-17,20,26H,6-7,10,12H2,(H,27,30). The van der Waals surface area contributed by atoms with Crippen molar-refractivity contribution in [3.8, 4) is 6.07 Å². The smallest absolute Gasteiger partial charge is 0.228 e. The van der Waals surface area contributed by atoms with Crippen molar-refractivity contribution >= 4 is 28.0 Å². The molecule has 1 fully saturated rings. The normalized spacial score (nSPS) is 21.7. The number of carbonyl (C=O) groups excluding carboxylic acids is 2. The lowest BCUT2D eigenvalue weighted by atomic mass is 9.97. The maximum absolute atomic E-state index is 12.9. The number of ketones is 1. The summed E-state index contributed by atoms with van der Waals surface area (Å²) in [6, 6.07) is 11.8. The van der Waals surface area contributed by atoms with Crippen molar-refractivity contribution in [2.24, 2.45) is 5.92 Å². The number of hydrogen-bond donors (Lipinski definition) is 2. The molecule has 31 heavy (non-hydrogen) atoms. The van der Waals surface area contributed by atoms with Crippen molar-refractivity contribution < 1.29 is 9.59 Å². The molecule has 156 valence electrons. The highest BCUT2D eigenvalue weighted by atomic mass is 32.1. The molecule has 3 unspecified atom stereocenters. The Bertz CT molecular complexity index is 1160. The first-order valence-electron chi connectivity index (χ1n) is 10.3. The summed E-state index contributed by atoms with van der Waals surface area (Å²) in [5.74, 6) is 0.101. The predicted octanol–water partition coefficient (Wildman–Crippen LogP) is 3.01. The van der Waals surface area contributed by atoms with Crippen LogP contribution in [0.4, 0.5) is 5.00 Å². The number of thiophene rings is 1. The Hall–Kier alpha value is -3.28. The van der Waals surface area contributed by atoms with E-state index in [-0.39, 0.29) is 30.1 Å². The monoisotopic (exact) mass is 431 g/mol. The number of carbonyl (C=O) groups is 2. The summed E-state index contributed by atoms with van der Waals surface area (Å²) in [6.45, 7) is 0.824. The van der Waals surface area contributed by atoms with Crippen LogP contribution in [0.1, 0.15) is 39.9 Å². The Balaban J connectivity index is 1.35. The van der Waals surface area contributed by atoms with Crippen molar-refractivity contribution in [1.29, 1.82) is 5.26 Å². The van der Waals surface area contributed by atoms with Crippen LogP contribution in [0.3, 0.4) is 0 Å². The molecule has 1 saturated carbocycles. The van der Waals surface area contributed by atoms with Crippen molar-refractivity contribution in [1.82, 2.24) is 14.9 Å². The van der Waals surface area contributed by atoms with Gasteiger partial charge in [0.25, 0.3) is 0 Å². The van der Waals surface area contributed by atoms with Gasteiger partial charge in [0.1, 0.15) is 17.1 Å². The van der Waals surface area contributed by atoms with E-state index in [1.165, 1.54) is 16.9 Å². The van der Waals surface area contributed by atoms with Crippen LogP contribution in [0.15, 0.2) is 49.1 Å². The number of anilines is 1. The first kappa shape index (κ1) is 19.7. The largest absolute Gasteiger partial charge is 0.330 e.